The third-order valence-electron chi connectivity index (χ3n) is 4.76. The van der Waals surface area contributed by atoms with Crippen molar-refractivity contribution in [3.63, 3.8) is 0 Å². The van der Waals surface area contributed by atoms with Crippen LogP contribution >= 0.6 is 11.5 Å². The number of primary amides is 1. The van der Waals surface area contributed by atoms with Crippen LogP contribution in [0.1, 0.15) is 39.9 Å². The highest BCUT2D eigenvalue weighted by Gasteiger charge is 2.32. The zero-order valence-corrected chi connectivity index (χ0v) is 17.1. The zero-order chi connectivity index (χ0) is 21.8. The highest BCUT2D eigenvalue weighted by molar-refractivity contribution is 7.09. The molecule has 11 heteroatoms. The fourth-order valence-electron chi connectivity index (χ4n) is 3.17. The van der Waals surface area contributed by atoms with Crippen molar-refractivity contribution >= 4 is 40.6 Å². The molecule has 1 saturated heterocycles. The molecular weight excluding hydrogens is 413 g/mol. The maximum Gasteiger partial charge on any atom is 0.272 e. The minimum atomic E-state index is -1.00. The third-order valence-corrected chi connectivity index (χ3v) is 5.61. The molecule has 30 heavy (non-hydrogen) atoms. The number of aromatic nitrogens is 1. The molecular formula is C19H22FN5O4S. The van der Waals surface area contributed by atoms with Gasteiger partial charge in [0.2, 0.25) is 5.91 Å². The van der Waals surface area contributed by atoms with E-state index >= 15 is 0 Å². The van der Waals surface area contributed by atoms with Crippen molar-refractivity contribution in [2.75, 3.05) is 23.8 Å². The van der Waals surface area contributed by atoms with Gasteiger partial charge in [0.05, 0.1) is 11.8 Å². The molecule has 0 bridgehead atoms. The number of carbonyl (C=O) groups excluding carboxylic acids is 3. The number of hydrogen-bond donors (Lipinski definition) is 3. The Kier molecular flexibility index (Phi) is 6.63. The van der Waals surface area contributed by atoms with Gasteiger partial charge >= 0.3 is 0 Å². The topological polar surface area (TPSA) is 141 Å². The van der Waals surface area contributed by atoms with E-state index in [-0.39, 0.29) is 28.0 Å². The first-order valence-corrected chi connectivity index (χ1v) is 10.1. The number of nitrogens with two attached hydrogens (primary N) is 2. The summed E-state index contributed by atoms with van der Waals surface area (Å²) < 4.78 is 23.2. The van der Waals surface area contributed by atoms with Gasteiger partial charge in [0, 0.05) is 18.8 Å². The second-order valence-corrected chi connectivity index (χ2v) is 7.62. The Morgan fingerprint density at radius 2 is 2.20 bits per heavy atom. The number of anilines is 2. The van der Waals surface area contributed by atoms with Crippen LogP contribution < -0.4 is 21.7 Å². The van der Waals surface area contributed by atoms with Crippen molar-refractivity contribution in [2.24, 2.45) is 5.73 Å². The molecule has 1 aromatic carbocycles. The molecule has 0 unspecified atom stereocenters. The Bertz CT molecular complexity index is 960. The van der Waals surface area contributed by atoms with Crippen LogP contribution in [0.5, 0.6) is 0 Å². The summed E-state index contributed by atoms with van der Waals surface area (Å²) >= 11 is 0.690. The zero-order valence-electron chi connectivity index (χ0n) is 16.3. The molecule has 1 fully saturated rings. The number of benzene rings is 1. The largest absolute Gasteiger partial charge is 0.395 e. The van der Waals surface area contributed by atoms with Gasteiger partial charge in [-0.25, -0.2) is 4.39 Å². The highest BCUT2D eigenvalue weighted by atomic mass is 32.1. The summed E-state index contributed by atoms with van der Waals surface area (Å²) in [5, 5.41) is 2.76. The smallest absolute Gasteiger partial charge is 0.272 e. The van der Waals surface area contributed by atoms with E-state index in [2.05, 4.69) is 9.69 Å². The normalized spacial score (nSPS) is 16.8. The van der Waals surface area contributed by atoms with Crippen molar-refractivity contribution in [3.8, 4) is 0 Å². The minimum Gasteiger partial charge on any atom is -0.395 e. The van der Waals surface area contributed by atoms with Gasteiger partial charge < -0.3 is 21.5 Å². The number of hydrogen-bond acceptors (Lipinski definition) is 7. The number of halogens is 1. The van der Waals surface area contributed by atoms with E-state index in [1.54, 1.807) is 0 Å². The first kappa shape index (κ1) is 21.7. The average molecular weight is 435 g/mol. The molecule has 3 amide bonds. The lowest BCUT2D eigenvalue weighted by atomic mass is 10.1. The number of nitrogen functional groups attached to an aromatic ring is 1. The predicted molar refractivity (Wildman–Crippen MR) is 110 cm³/mol. The molecule has 1 aliphatic rings. The van der Waals surface area contributed by atoms with E-state index in [0.717, 1.165) is 23.8 Å². The molecule has 160 valence electrons. The van der Waals surface area contributed by atoms with E-state index in [0.29, 0.717) is 24.7 Å². The summed E-state index contributed by atoms with van der Waals surface area (Å²) in [6.07, 6.45) is 1.69. The van der Waals surface area contributed by atoms with Gasteiger partial charge in [-0.1, -0.05) is 6.07 Å². The fourth-order valence-corrected chi connectivity index (χ4v) is 3.91. The molecule has 0 radical (unpaired) electrons. The lowest BCUT2D eigenvalue weighted by molar-refractivity contribution is -0.122. The summed E-state index contributed by atoms with van der Waals surface area (Å²) in [5.74, 6) is -2.58. The van der Waals surface area contributed by atoms with Gasteiger partial charge in [-0.2, -0.15) is 4.37 Å². The van der Waals surface area contributed by atoms with Crippen molar-refractivity contribution in [1.29, 1.82) is 0 Å². The van der Waals surface area contributed by atoms with E-state index < -0.39 is 29.6 Å². The predicted octanol–water partition coefficient (Wildman–Crippen LogP) is 1.29. The molecule has 0 spiro atoms. The Hall–Kier alpha value is -3.05. The van der Waals surface area contributed by atoms with Crippen LogP contribution in [0, 0.1) is 5.82 Å². The molecule has 0 saturated carbocycles. The van der Waals surface area contributed by atoms with Gasteiger partial charge in [-0.15, -0.1) is 0 Å². The number of carbonyl (C=O) groups is 3. The highest BCUT2D eigenvalue weighted by Crippen LogP contribution is 2.28. The summed E-state index contributed by atoms with van der Waals surface area (Å²) in [5.41, 5.74) is 10.9. The van der Waals surface area contributed by atoms with Gasteiger partial charge in [0.25, 0.3) is 11.8 Å². The van der Waals surface area contributed by atoms with Crippen molar-refractivity contribution in [2.45, 2.75) is 31.9 Å². The number of nitrogens with zero attached hydrogens (tertiary/aromatic N) is 2. The van der Waals surface area contributed by atoms with Gasteiger partial charge in [-0.3, -0.25) is 19.3 Å². The van der Waals surface area contributed by atoms with Gasteiger partial charge in [0.1, 0.15) is 16.7 Å². The van der Waals surface area contributed by atoms with Gasteiger partial charge in [0.15, 0.2) is 5.69 Å². The van der Waals surface area contributed by atoms with Crippen molar-refractivity contribution in [3.05, 3.63) is 40.7 Å². The Labute approximate surface area is 176 Å². The first-order valence-electron chi connectivity index (χ1n) is 9.33. The Balaban J connectivity index is 1.89. The summed E-state index contributed by atoms with van der Waals surface area (Å²) in [7, 11) is 0. The Morgan fingerprint density at radius 3 is 2.80 bits per heavy atom. The molecule has 1 aromatic heterocycles. The van der Waals surface area contributed by atoms with Crippen molar-refractivity contribution < 1.29 is 23.5 Å². The maximum absolute atomic E-state index is 13.8. The summed E-state index contributed by atoms with van der Waals surface area (Å²) in [6, 6.07) is 4.28. The van der Waals surface area contributed by atoms with Crippen LogP contribution in [-0.2, 0) is 9.53 Å². The molecule has 5 N–H and O–H groups in total. The second kappa shape index (κ2) is 9.18. The second-order valence-electron chi connectivity index (χ2n) is 6.85. The third kappa shape index (κ3) is 4.57. The van der Waals surface area contributed by atoms with E-state index in [1.165, 1.54) is 25.1 Å². The number of nitrogens with one attached hydrogen (secondary N) is 1. The van der Waals surface area contributed by atoms with E-state index in [4.69, 9.17) is 16.2 Å². The fraction of sp³-hybridized carbons (Fsp3) is 0.368. The van der Waals surface area contributed by atoms with Crippen LogP contribution in [0.15, 0.2) is 24.3 Å². The standard InChI is InChI=1S/C19H22FN5O4S/c1-10(18(27)23-9-13-6-3-7-29-13)25(12-5-2-4-11(20)8-12)19(28)16-14(21)15(17(22)26)24-30-16/h2,4-5,8,10,13H,3,6-7,9,21H2,1H3,(H2,22,26)(H,23,27)/t10-,13-/m1/s1. The molecule has 9 nitrogen and oxygen atoms in total. The van der Waals surface area contributed by atoms with Crippen LogP contribution in [0.3, 0.4) is 0 Å². The number of rotatable bonds is 7. The van der Waals surface area contributed by atoms with Crippen LogP contribution in [0.2, 0.25) is 0 Å². The lowest BCUT2D eigenvalue weighted by Gasteiger charge is -2.28. The maximum atomic E-state index is 13.8. The summed E-state index contributed by atoms with van der Waals surface area (Å²) in [4.78, 5) is 38.5. The van der Waals surface area contributed by atoms with Crippen LogP contribution in [-0.4, -0.2) is 47.4 Å². The molecule has 2 heterocycles. The van der Waals surface area contributed by atoms with Crippen LogP contribution in [0.25, 0.3) is 0 Å². The van der Waals surface area contributed by atoms with Crippen molar-refractivity contribution in [1.82, 2.24) is 9.69 Å². The quantitative estimate of drug-likeness (QED) is 0.599. The first-order chi connectivity index (χ1) is 14.3. The van der Waals surface area contributed by atoms with Crippen LogP contribution in [0.4, 0.5) is 15.8 Å². The molecule has 2 atom stereocenters. The lowest BCUT2D eigenvalue weighted by Crippen LogP contribution is -2.49. The minimum absolute atomic E-state index is 0.0631. The van der Waals surface area contributed by atoms with Gasteiger partial charge in [-0.05, 0) is 49.5 Å². The molecule has 3 rings (SSSR count). The molecule has 2 aromatic rings. The molecule has 0 aliphatic carbocycles. The number of amides is 3. The SMILES string of the molecule is C[C@H](C(=O)NC[C@H]1CCCO1)N(C(=O)c1snc(C(N)=O)c1N)c1cccc(F)c1. The summed E-state index contributed by atoms with van der Waals surface area (Å²) in [6.45, 7) is 2.47. The molecule has 1 aliphatic heterocycles. The monoisotopic (exact) mass is 435 g/mol. The number of ether oxygens (including phenoxy) is 1. The Morgan fingerprint density at radius 1 is 1.43 bits per heavy atom. The van der Waals surface area contributed by atoms with E-state index in [1.807, 2.05) is 0 Å². The van der Waals surface area contributed by atoms with E-state index in [9.17, 15) is 18.8 Å². The average Bonchev–Trinajstić information content (AvgIpc) is 3.35.